The molecule has 2 N–H and O–H groups in total. The molecule has 1 aliphatic rings. The minimum absolute atomic E-state index is 0.0472. The Bertz CT molecular complexity index is 843. The lowest BCUT2D eigenvalue weighted by atomic mass is 9.96. The standard InChI is InChI=1S/C22H26FN3O2/c1-15-3-8-20(16(2)13-15)21(27)24-14-17-9-11-26(12-10-17)22(28)25-19-6-4-18(23)5-7-19/h3-8,13,17H,9-12,14H2,1-2H3,(H,24,27)(H,25,28). The Kier molecular flexibility index (Phi) is 6.29. The minimum Gasteiger partial charge on any atom is -0.352 e. The molecule has 0 spiro atoms. The summed E-state index contributed by atoms with van der Waals surface area (Å²) in [5.74, 6) is -0.0275. The third-order valence-electron chi connectivity index (χ3n) is 5.18. The molecule has 0 radical (unpaired) electrons. The first-order valence-corrected chi connectivity index (χ1v) is 9.59. The summed E-state index contributed by atoms with van der Waals surface area (Å²) in [6.45, 7) is 5.84. The molecule has 3 rings (SSSR count). The number of rotatable bonds is 4. The van der Waals surface area contributed by atoms with Crippen molar-refractivity contribution in [2.45, 2.75) is 26.7 Å². The first-order chi connectivity index (χ1) is 13.4. The van der Waals surface area contributed by atoms with Crippen LogP contribution in [0, 0.1) is 25.6 Å². The Morgan fingerprint density at radius 1 is 1.07 bits per heavy atom. The molecule has 1 fully saturated rings. The topological polar surface area (TPSA) is 61.4 Å². The van der Waals surface area contributed by atoms with E-state index in [1.807, 2.05) is 32.0 Å². The SMILES string of the molecule is Cc1ccc(C(=O)NCC2CCN(C(=O)Nc3ccc(F)cc3)CC2)c(C)c1. The van der Waals surface area contributed by atoms with Gasteiger partial charge < -0.3 is 15.5 Å². The number of nitrogens with zero attached hydrogens (tertiary/aromatic N) is 1. The largest absolute Gasteiger partial charge is 0.352 e. The summed E-state index contributed by atoms with van der Waals surface area (Å²) < 4.78 is 12.9. The van der Waals surface area contributed by atoms with E-state index in [-0.39, 0.29) is 17.8 Å². The smallest absolute Gasteiger partial charge is 0.321 e. The van der Waals surface area contributed by atoms with Gasteiger partial charge in [0.15, 0.2) is 0 Å². The van der Waals surface area contributed by atoms with Crippen LogP contribution in [0.5, 0.6) is 0 Å². The van der Waals surface area contributed by atoms with Crippen molar-refractivity contribution in [1.29, 1.82) is 0 Å². The van der Waals surface area contributed by atoms with E-state index in [0.717, 1.165) is 24.0 Å². The fourth-order valence-corrected chi connectivity index (χ4v) is 3.48. The molecule has 0 saturated carbocycles. The van der Waals surface area contributed by atoms with E-state index < -0.39 is 0 Å². The summed E-state index contributed by atoms with van der Waals surface area (Å²) in [5.41, 5.74) is 3.40. The molecule has 0 unspecified atom stereocenters. The van der Waals surface area contributed by atoms with Gasteiger partial charge in [0.05, 0.1) is 0 Å². The first kappa shape index (κ1) is 19.9. The van der Waals surface area contributed by atoms with E-state index in [9.17, 15) is 14.0 Å². The Labute approximate surface area is 164 Å². The normalized spacial score (nSPS) is 14.6. The van der Waals surface area contributed by atoms with Crippen molar-refractivity contribution >= 4 is 17.6 Å². The van der Waals surface area contributed by atoms with Crippen LogP contribution in [-0.2, 0) is 0 Å². The summed E-state index contributed by atoms with van der Waals surface area (Å²) >= 11 is 0. The van der Waals surface area contributed by atoms with Gasteiger partial charge in [0.1, 0.15) is 5.82 Å². The molecule has 0 bridgehead atoms. The summed E-state index contributed by atoms with van der Waals surface area (Å²) in [7, 11) is 0. The van der Waals surface area contributed by atoms with Gasteiger partial charge in [-0.2, -0.15) is 0 Å². The molecule has 1 saturated heterocycles. The van der Waals surface area contributed by atoms with Crippen molar-refractivity contribution in [3.8, 4) is 0 Å². The fraction of sp³-hybridized carbons (Fsp3) is 0.364. The van der Waals surface area contributed by atoms with Crippen LogP contribution in [0.15, 0.2) is 42.5 Å². The number of halogens is 1. The third-order valence-corrected chi connectivity index (χ3v) is 5.18. The molecule has 1 aliphatic heterocycles. The lowest BCUT2D eigenvalue weighted by Gasteiger charge is -2.32. The van der Waals surface area contributed by atoms with Gasteiger partial charge in [-0.15, -0.1) is 0 Å². The zero-order chi connectivity index (χ0) is 20.1. The van der Waals surface area contributed by atoms with Gasteiger partial charge in [0, 0.05) is 30.9 Å². The number of likely N-dealkylation sites (tertiary alicyclic amines) is 1. The van der Waals surface area contributed by atoms with Crippen molar-refractivity contribution in [3.05, 3.63) is 65.0 Å². The van der Waals surface area contributed by atoms with Gasteiger partial charge in [-0.05, 0) is 68.5 Å². The van der Waals surface area contributed by atoms with Crippen LogP contribution in [-0.4, -0.2) is 36.5 Å². The highest BCUT2D eigenvalue weighted by molar-refractivity contribution is 5.95. The highest BCUT2D eigenvalue weighted by Gasteiger charge is 2.23. The number of hydrogen-bond acceptors (Lipinski definition) is 2. The predicted octanol–water partition coefficient (Wildman–Crippen LogP) is 4.12. The number of urea groups is 1. The zero-order valence-electron chi connectivity index (χ0n) is 16.3. The lowest BCUT2D eigenvalue weighted by Crippen LogP contribution is -2.43. The van der Waals surface area contributed by atoms with Gasteiger partial charge >= 0.3 is 6.03 Å². The first-order valence-electron chi connectivity index (χ1n) is 9.59. The van der Waals surface area contributed by atoms with E-state index in [4.69, 9.17) is 0 Å². The van der Waals surface area contributed by atoms with Gasteiger partial charge in [-0.3, -0.25) is 4.79 Å². The summed E-state index contributed by atoms with van der Waals surface area (Å²) in [6, 6.07) is 11.4. The molecule has 3 amide bonds. The number of aryl methyl sites for hydroxylation is 2. The van der Waals surface area contributed by atoms with E-state index in [2.05, 4.69) is 10.6 Å². The second-order valence-electron chi connectivity index (χ2n) is 7.40. The van der Waals surface area contributed by atoms with Crippen LogP contribution in [0.2, 0.25) is 0 Å². The highest BCUT2D eigenvalue weighted by Crippen LogP contribution is 2.18. The van der Waals surface area contributed by atoms with Crippen LogP contribution in [0.4, 0.5) is 14.9 Å². The van der Waals surface area contributed by atoms with E-state index in [1.54, 1.807) is 17.0 Å². The average Bonchev–Trinajstić information content (AvgIpc) is 2.68. The van der Waals surface area contributed by atoms with E-state index >= 15 is 0 Å². The van der Waals surface area contributed by atoms with Crippen molar-refractivity contribution < 1.29 is 14.0 Å². The van der Waals surface area contributed by atoms with Gasteiger partial charge in [0.25, 0.3) is 5.91 Å². The van der Waals surface area contributed by atoms with Crippen molar-refractivity contribution in [2.24, 2.45) is 5.92 Å². The number of anilines is 1. The summed E-state index contributed by atoms with van der Waals surface area (Å²) in [4.78, 5) is 26.5. The monoisotopic (exact) mass is 383 g/mol. The van der Waals surface area contributed by atoms with Gasteiger partial charge in [-0.25, -0.2) is 9.18 Å². The number of carbonyl (C=O) groups is 2. The van der Waals surface area contributed by atoms with Crippen LogP contribution in [0.3, 0.4) is 0 Å². The van der Waals surface area contributed by atoms with Crippen LogP contribution >= 0.6 is 0 Å². The fourth-order valence-electron chi connectivity index (χ4n) is 3.48. The molecule has 6 heteroatoms. The molecule has 148 valence electrons. The maximum absolute atomic E-state index is 12.9. The number of hydrogen-bond donors (Lipinski definition) is 2. The molecule has 0 aromatic heterocycles. The Balaban J connectivity index is 1.44. The third kappa shape index (κ3) is 5.09. The van der Waals surface area contributed by atoms with E-state index in [0.29, 0.717) is 36.8 Å². The minimum atomic E-state index is -0.332. The quantitative estimate of drug-likeness (QED) is 0.834. The Morgan fingerprint density at radius 3 is 2.39 bits per heavy atom. The van der Waals surface area contributed by atoms with Crippen molar-refractivity contribution in [1.82, 2.24) is 10.2 Å². The van der Waals surface area contributed by atoms with Crippen molar-refractivity contribution in [3.63, 3.8) is 0 Å². The van der Waals surface area contributed by atoms with Crippen LogP contribution in [0.25, 0.3) is 0 Å². The molecular weight excluding hydrogens is 357 g/mol. The van der Waals surface area contributed by atoms with Crippen LogP contribution < -0.4 is 10.6 Å². The molecule has 0 atom stereocenters. The lowest BCUT2D eigenvalue weighted by molar-refractivity contribution is 0.0938. The molecule has 5 nitrogen and oxygen atoms in total. The average molecular weight is 383 g/mol. The van der Waals surface area contributed by atoms with Gasteiger partial charge in [-0.1, -0.05) is 17.7 Å². The maximum Gasteiger partial charge on any atom is 0.321 e. The number of nitrogens with one attached hydrogen (secondary N) is 2. The van der Waals surface area contributed by atoms with Gasteiger partial charge in [0.2, 0.25) is 0 Å². The second-order valence-corrected chi connectivity index (χ2v) is 7.40. The number of benzene rings is 2. The molecule has 0 aliphatic carbocycles. The molecule has 2 aromatic carbocycles. The molecular formula is C22H26FN3O2. The highest BCUT2D eigenvalue weighted by atomic mass is 19.1. The second kappa shape index (κ2) is 8.87. The molecule has 28 heavy (non-hydrogen) atoms. The summed E-state index contributed by atoms with van der Waals surface area (Å²) in [5, 5.41) is 5.81. The molecule has 2 aromatic rings. The summed E-state index contributed by atoms with van der Waals surface area (Å²) in [6.07, 6.45) is 1.67. The predicted molar refractivity (Wildman–Crippen MR) is 108 cm³/mol. The maximum atomic E-state index is 12.9. The zero-order valence-corrected chi connectivity index (χ0v) is 16.3. The van der Waals surface area contributed by atoms with Crippen molar-refractivity contribution in [2.75, 3.05) is 25.0 Å². The molecule has 1 heterocycles. The number of carbonyl (C=O) groups excluding carboxylic acids is 2. The Morgan fingerprint density at radius 2 is 1.75 bits per heavy atom. The Hall–Kier alpha value is -2.89. The van der Waals surface area contributed by atoms with Crippen LogP contribution in [0.1, 0.15) is 34.3 Å². The number of piperidine rings is 1. The number of amides is 3. The van der Waals surface area contributed by atoms with E-state index in [1.165, 1.54) is 12.1 Å².